The van der Waals surface area contributed by atoms with E-state index in [2.05, 4.69) is 23.7 Å². The Hall–Kier alpha value is -1.24. The van der Waals surface area contributed by atoms with Crippen molar-refractivity contribution in [3.05, 3.63) is 26.6 Å². The van der Waals surface area contributed by atoms with E-state index in [1.54, 1.807) is 11.3 Å². The zero-order valence-corrected chi connectivity index (χ0v) is 18.6. The van der Waals surface area contributed by atoms with Gasteiger partial charge in [-0.2, -0.15) is 0 Å². The summed E-state index contributed by atoms with van der Waals surface area (Å²) in [6.45, 7) is 6.96. The Labute approximate surface area is 176 Å². The number of aryl methyl sites for hydroxylation is 2. The Kier molecular flexibility index (Phi) is 5.29. The fourth-order valence-corrected chi connectivity index (χ4v) is 7.59. The first-order valence-corrected chi connectivity index (χ1v) is 12.4. The summed E-state index contributed by atoms with van der Waals surface area (Å²) in [5.74, 6) is 0.837. The van der Waals surface area contributed by atoms with Gasteiger partial charge in [0.1, 0.15) is 10.7 Å². The van der Waals surface area contributed by atoms with Gasteiger partial charge in [0.05, 0.1) is 18.0 Å². The van der Waals surface area contributed by atoms with Crippen LogP contribution in [0.5, 0.6) is 0 Å². The summed E-state index contributed by atoms with van der Waals surface area (Å²) in [6.07, 6.45) is 11.2. The third kappa shape index (κ3) is 3.19. The highest BCUT2D eigenvalue weighted by molar-refractivity contribution is 7.18. The molecular formula is C23H33N3O2S. The second-order valence-electron chi connectivity index (χ2n) is 9.16. The van der Waals surface area contributed by atoms with Crippen LogP contribution in [0.4, 0.5) is 0 Å². The molecule has 2 heterocycles. The van der Waals surface area contributed by atoms with E-state index < -0.39 is 0 Å². The number of fused-ring (bicyclic) bond motifs is 3. The Morgan fingerprint density at radius 3 is 2.83 bits per heavy atom. The lowest BCUT2D eigenvalue weighted by Gasteiger charge is -2.58. The first-order valence-electron chi connectivity index (χ1n) is 11.6. The van der Waals surface area contributed by atoms with Crippen molar-refractivity contribution in [2.24, 2.45) is 5.41 Å². The molecule has 0 aromatic carbocycles. The van der Waals surface area contributed by atoms with E-state index in [-0.39, 0.29) is 5.56 Å². The van der Waals surface area contributed by atoms with Gasteiger partial charge in [0.25, 0.3) is 5.56 Å². The van der Waals surface area contributed by atoms with Gasteiger partial charge in [-0.05, 0) is 64.0 Å². The highest BCUT2D eigenvalue weighted by Crippen LogP contribution is 2.56. The SMILES string of the molecule is CCCN(Cc1nc2sc3c(c2c(=O)[nH]1)CCC3)[C@@H]1C[C@@H](OCC)C12CCCC2. The minimum atomic E-state index is 0.0669. The summed E-state index contributed by atoms with van der Waals surface area (Å²) in [5.41, 5.74) is 1.65. The zero-order chi connectivity index (χ0) is 20.0. The van der Waals surface area contributed by atoms with Gasteiger partial charge in [-0.15, -0.1) is 11.3 Å². The molecule has 1 spiro atoms. The molecule has 0 aliphatic heterocycles. The summed E-state index contributed by atoms with van der Waals surface area (Å²) in [5, 5.41) is 0.862. The number of nitrogens with zero attached hydrogens (tertiary/aromatic N) is 2. The first-order chi connectivity index (χ1) is 14.2. The lowest BCUT2D eigenvalue weighted by molar-refractivity contribution is -0.167. The van der Waals surface area contributed by atoms with E-state index >= 15 is 0 Å². The van der Waals surface area contributed by atoms with Crippen LogP contribution in [-0.4, -0.2) is 40.2 Å². The van der Waals surface area contributed by atoms with E-state index in [4.69, 9.17) is 9.72 Å². The van der Waals surface area contributed by atoms with E-state index in [1.807, 2.05) is 0 Å². The van der Waals surface area contributed by atoms with Gasteiger partial charge in [0, 0.05) is 22.9 Å². The smallest absolute Gasteiger partial charge is 0.259 e. The van der Waals surface area contributed by atoms with E-state index in [1.165, 1.54) is 42.5 Å². The molecule has 0 saturated heterocycles. The molecule has 3 aliphatic rings. The van der Waals surface area contributed by atoms with Crippen molar-refractivity contribution in [3.63, 3.8) is 0 Å². The largest absolute Gasteiger partial charge is 0.378 e. The third-order valence-corrected chi connectivity index (χ3v) is 8.76. The second kappa shape index (κ2) is 7.78. The molecule has 29 heavy (non-hydrogen) atoms. The Balaban J connectivity index is 1.42. The molecule has 0 unspecified atom stereocenters. The quantitative estimate of drug-likeness (QED) is 0.727. The molecule has 2 saturated carbocycles. The number of aromatic amines is 1. The predicted octanol–water partition coefficient (Wildman–Crippen LogP) is 4.42. The summed E-state index contributed by atoms with van der Waals surface area (Å²) in [7, 11) is 0. The predicted molar refractivity (Wildman–Crippen MR) is 118 cm³/mol. The van der Waals surface area contributed by atoms with Crippen molar-refractivity contribution in [3.8, 4) is 0 Å². The van der Waals surface area contributed by atoms with Crippen LogP contribution in [0.25, 0.3) is 10.2 Å². The van der Waals surface area contributed by atoms with Crippen LogP contribution in [0.3, 0.4) is 0 Å². The molecule has 6 heteroatoms. The van der Waals surface area contributed by atoms with Crippen LogP contribution in [0, 0.1) is 5.41 Å². The van der Waals surface area contributed by atoms with Crippen LogP contribution >= 0.6 is 11.3 Å². The number of aromatic nitrogens is 2. The molecule has 158 valence electrons. The molecule has 2 fully saturated rings. The molecule has 0 amide bonds. The molecule has 3 aliphatic carbocycles. The summed E-state index contributed by atoms with van der Waals surface area (Å²) >= 11 is 1.74. The molecular weight excluding hydrogens is 382 g/mol. The minimum absolute atomic E-state index is 0.0669. The Morgan fingerprint density at radius 1 is 1.24 bits per heavy atom. The number of thiophene rings is 1. The van der Waals surface area contributed by atoms with Gasteiger partial charge in [-0.3, -0.25) is 9.69 Å². The number of ether oxygens (including phenoxy) is 1. The van der Waals surface area contributed by atoms with Crippen molar-refractivity contribution in [2.75, 3.05) is 13.2 Å². The molecule has 0 radical (unpaired) electrons. The van der Waals surface area contributed by atoms with E-state index in [0.717, 1.165) is 61.4 Å². The van der Waals surface area contributed by atoms with Crippen LogP contribution in [0.2, 0.25) is 0 Å². The van der Waals surface area contributed by atoms with Crippen LogP contribution in [0.15, 0.2) is 4.79 Å². The molecule has 2 aromatic heterocycles. The standard InChI is InChI=1S/C23H33N3O2S/c1-3-12-26(17-13-18(28-4-2)23(17)10-5-6-11-23)14-19-24-21(27)20-15-8-7-9-16(15)29-22(20)25-19/h17-18H,3-14H2,1-2H3,(H,24,25,27)/t17-,18-/m1/s1. The molecule has 1 N–H and O–H groups in total. The number of hydrogen-bond donors (Lipinski definition) is 1. The molecule has 2 aromatic rings. The molecule has 5 rings (SSSR count). The first kappa shape index (κ1) is 19.7. The van der Waals surface area contributed by atoms with Gasteiger partial charge in [0.2, 0.25) is 0 Å². The van der Waals surface area contributed by atoms with Crippen molar-refractivity contribution < 1.29 is 4.74 Å². The maximum absolute atomic E-state index is 12.9. The monoisotopic (exact) mass is 415 g/mol. The summed E-state index contributed by atoms with van der Waals surface area (Å²) in [6, 6.07) is 0.552. The maximum Gasteiger partial charge on any atom is 0.259 e. The van der Waals surface area contributed by atoms with E-state index in [0.29, 0.717) is 17.6 Å². The van der Waals surface area contributed by atoms with Crippen molar-refractivity contribution in [2.45, 2.75) is 90.3 Å². The van der Waals surface area contributed by atoms with Crippen molar-refractivity contribution >= 4 is 21.6 Å². The van der Waals surface area contributed by atoms with Crippen LogP contribution < -0.4 is 5.56 Å². The summed E-state index contributed by atoms with van der Waals surface area (Å²) in [4.78, 5) is 25.8. The molecule has 0 bridgehead atoms. The average molecular weight is 416 g/mol. The van der Waals surface area contributed by atoms with Crippen molar-refractivity contribution in [1.82, 2.24) is 14.9 Å². The third-order valence-electron chi connectivity index (χ3n) is 7.57. The van der Waals surface area contributed by atoms with Gasteiger partial charge < -0.3 is 9.72 Å². The number of H-pyrrole nitrogens is 1. The van der Waals surface area contributed by atoms with Crippen LogP contribution in [0.1, 0.15) is 75.1 Å². The average Bonchev–Trinajstić information content (AvgIpc) is 3.40. The number of nitrogens with one attached hydrogen (secondary N) is 1. The fourth-order valence-electron chi connectivity index (χ4n) is 6.31. The topological polar surface area (TPSA) is 58.2 Å². The highest BCUT2D eigenvalue weighted by Gasteiger charge is 2.58. The summed E-state index contributed by atoms with van der Waals surface area (Å²) < 4.78 is 6.14. The Morgan fingerprint density at radius 2 is 2.07 bits per heavy atom. The lowest BCUT2D eigenvalue weighted by Crippen LogP contribution is -2.63. The van der Waals surface area contributed by atoms with Gasteiger partial charge >= 0.3 is 0 Å². The molecule has 2 atom stereocenters. The number of rotatable bonds is 7. The zero-order valence-electron chi connectivity index (χ0n) is 17.8. The van der Waals surface area contributed by atoms with Gasteiger partial charge in [-0.25, -0.2) is 4.98 Å². The fraction of sp³-hybridized carbons (Fsp3) is 0.739. The van der Waals surface area contributed by atoms with Crippen LogP contribution in [-0.2, 0) is 24.1 Å². The molecule has 5 nitrogen and oxygen atoms in total. The van der Waals surface area contributed by atoms with Gasteiger partial charge in [-0.1, -0.05) is 19.8 Å². The maximum atomic E-state index is 12.9. The second-order valence-corrected chi connectivity index (χ2v) is 10.2. The normalized spacial score (nSPS) is 25.2. The lowest BCUT2D eigenvalue weighted by atomic mass is 9.60. The Bertz CT molecular complexity index is 943. The van der Waals surface area contributed by atoms with Gasteiger partial charge in [0.15, 0.2) is 0 Å². The number of hydrogen-bond acceptors (Lipinski definition) is 5. The van der Waals surface area contributed by atoms with E-state index in [9.17, 15) is 4.79 Å². The highest BCUT2D eigenvalue weighted by atomic mass is 32.1. The minimum Gasteiger partial charge on any atom is -0.378 e. The van der Waals surface area contributed by atoms with Crippen molar-refractivity contribution in [1.29, 1.82) is 0 Å².